The molecule has 0 bridgehead atoms. The maximum absolute atomic E-state index is 13.0. The smallest absolute Gasteiger partial charge is 0.325 e. The normalized spacial score (nSPS) is 17.9. The average Bonchev–Trinajstić information content (AvgIpc) is 3.21. The molecule has 1 N–H and O–H groups in total. The van der Waals surface area contributed by atoms with Crippen molar-refractivity contribution in [2.45, 2.75) is 43.7 Å². The molecule has 1 aromatic heterocycles. The molecule has 1 aliphatic rings. The van der Waals surface area contributed by atoms with Gasteiger partial charge in [-0.25, -0.2) is 13.4 Å². The van der Waals surface area contributed by atoms with Gasteiger partial charge in [0, 0.05) is 12.7 Å². The van der Waals surface area contributed by atoms with Gasteiger partial charge in [-0.2, -0.15) is 4.31 Å². The van der Waals surface area contributed by atoms with E-state index in [1.165, 1.54) is 31.3 Å². The summed E-state index contributed by atoms with van der Waals surface area (Å²) in [4.78, 5) is 29.1. The lowest BCUT2D eigenvalue weighted by Crippen LogP contribution is -2.43. The van der Waals surface area contributed by atoms with E-state index in [2.05, 4.69) is 10.3 Å². The van der Waals surface area contributed by atoms with Gasteiger partial charge in [-0.1, -0.05) is 40.9 Å². The Morgan fingerprint density at radius 2 is 1.94 bits per heavy atom. The number of rotatable bonds is 6. The summed E-state index contributed by atoms with van der Waals surface area (Å²) in [6.07, 6.45) is 0.940. The average molecular weight is 486 g/mol. The summed E-state index contributed by atoms with van der Waals surface area (Å²) >= 11 is 11.8. The molecule has 3 rings (SSSR count). The van der Waals surface area contributed by atoms with Crippen LogP contribution < -0.4 is 5.32 Å². The predicted molar refractivity (Wildman–Crippen MR) is 117 cm³/mol. The van der Waals surface area contributed by atoms with Crippen LogP contribution in [0.25, 0.3) is 0 Å². The number of amides is 1. The number of nitrogens with one attached hydrogen (secondary N) is 1. The second kappa shape index (κ2) is 9.52. The first-order valence-electron chi connectivity index (χ1n) is 9.50. The Balaban J connectivity index is 1.68. The highest BCUT2D eigenvalue weighted by molar-refractivity contribution is 7.89. The maximum Gasteiger partial charge on any atom is 0.325 e. The number of aryl methyl sites for hydroxylation is 1. The van der Waals surface area contributed by atoms with Crippen LogP contribution in [0.15, 0.2) is 41.4 Å². The van der Waals surface area contributed by atoms with Gasteiger partial charge >= 0.3 is 5.97 Å². The van der Waals surface area contributed by atoms with Gasteiger partial charge in [0.2, 0.25) is 10.0 Å². The molecule has 31 heavy (non-hydrogen) atoms. The molecule has 0 unspecified atom stereocenters. The molecule has 1 saturated heterocycles. The van der Waals surface area contributed by atoms with Gasteiger partial charge in [0.25, 0.3) is 5.91 Å². The summed E-state index contributed by atoms with van der Waals surface area (Å²) in [5.41, 5.74) is 0.923. The van der Waals surface area contributed by atoms with Crippen LogP contribution in [0.3, 0.4) is 0 Å². The van der Waals surface area contributed by atoms with Crippen LogP contribution in [0.2, 0.25) is 10.0 Å². The fraction of sp³-hybridized carbons (Fsp3) is 0.350. The van der Waals surface area contributed by atoms with Gasteiger partial charge in [0.1, 0.15) is 6.04 Å². The zero-order chi connectivity index (χ0) is 22.8. The lowest BCUT2D eigenvalue weighted by molar-refractivity contribution is -0.156. The number of hydrogen-bond acceptors (Lipinski definition) is 6. The van der Waals surface area contributed by atoms with E-state index in [1.54, 1.807) is 12.1 Å². The SMILES string of the molecule is Cc1ccc(S(=O)(=O)N2CCC[C@@H]2C(=O)O[C@@H](C)C(=O)Nc2ncc(Cl)cc2Cl)cc1. The van der Waals surface area contributed by atoms with Crippen molar-refractivity contribution in [1.82, 2.24) is 9.29 Å². The molecule has 0 spiro atoms. The van der Waals surface area contributed by atoms with E-state index in [0.717, 1.165) is 9.87 Å². The number of halogens is 2. The molecule has 8 nitrogen and oxygen atoms in total. The third-order valence-electron chi connectivity index (χ3n) is 4.81. The van der Waals surface area contributed by atoms with E-state index in [4.69, 9.17) is 27.9 Å². The van der Waals surface area contributed by atoms with Gasteiger partial charge in [-0.3, -0.25) is 9.59 Å². The first kappa shape index (κ1) is 23.5. The number of benzene rings is 1. The molecule has 0 radical (unpaired) electrons. The third kappa shape index (κ3) is 5.35. The number of carbonyl (C=O) groups excluding carboxylic acids is 2. The van der Waals surface area contributed by atoms with E-state index in [1.807, 2.05) is 6.92 Å². The number of carbonyl (C=O) groups is 2. The summed E-state index contributed by atoms with van der Waals surface area (Å²) in [5, 5.41) is 2.89. The highest BCUT2D eigenvalue weighted by Crippen LogP contribution is 2.28. The van der Waals surface area contributed by atoms with Crippen molar-refractivity contribution in [3.63, 3.8) is 0 Å². The molecule has 2 heterocycles. The minimum atomic E-state index is -3.87. The van der Waals surface area contributed by atoms with Crippen molar-refractivity contribution < 1.29 is 22.7 Å². The highest BCUT2D eigenvalue weighted by Gasteiger charge is 2.41. The van der Waals surface area contributed by atoms with Gasteiger partial charge in [-0.05, 0) is 44.9 Å². The Kier molecular flexibility index (Phi) is 7.20. The first-order valence-corrected chi connectivity index (χ1v) is 11.7. The Morgan fingerprint density at radius 1 is 1.26 bits per heavy atom. The number of sulfonamides is 1. The van der Waals surface area contributed by atoms with Crippen molar-refractivity contribution >= 4 is 50.9 Å². The lowest BCUT2D eigenvalue weighted by atomic mass is 10.2. The van der Waals surface area contributed by atoms with Crippen LogP contribution >= 0.6 is 23.2 Å². The van der Waals surface area contributed by atoms with Crippen molar-refractivity contribution in [2.24, 2.45) is 0 Å². The first-order chi connectivity index (χ1) is 14.6. The highest BCUT2D eigenvalue weighted by atomic mass is 35.5. The summed E-state index contributed by atoms with van der Waals surface area (Å²) in [7, 11) is -3.87. The number of hydrogen-bond donors (Lipinski definition) is 1. The van der Waals surface area contributed by atoms with Gasteiger partial charge < -0.3 is 10.1 Å². The van der Waals surface area contributed by atoms with Crippen molar-refractivity contribution in [3.8, 4) is 0 Å². The molecular formula is C20H21Cl2N3O5S. The zero-order valence-corrected chi connectivity index (χ0v) is 19.2. The van der Waals surface area contributed by atoms with E-state index < -0.39 is 34.0 Å². The number of ether oxygens (including phenoxy) is 1. The summed E-state index contributed by atoms with van der Waals surface area (Å²) < 4.78 is 32.4. The Bertz CT molecular complexity index is 1090. The molecule has 0 saturated carbocycles. The number of pyridine rings is 1. The van der Waals surface area contributed by atoms with E-state index >= 15 is 0 Å². The van der Waals surface area contributed by atoms with Crippen molar-refractivity contribution in [3.05, 3.63) is 52.1 Å². The number of nitrogens with zero attached hydrogens (tertiary/aromatic N) is 2. The lowest BCUT2D eigenvalue weighted by Gasteiger charge is -2.24. The van der Waals surface area contributed by atoms with Gasteiger partial charge in [0.05, 0.1) is 14.9 Å². The monoisotopic (exact) mass is 485 g/mol. The van der Waals surface area contributed by atoms with E-state index in [9.17, 15) is 18.0 Å². The van der Waals surface area contributed by atoms with Crippen LogP contribution in [0.1, 0.15) is 25.3 Å². The van der Waals surface area contributed by atoms with E-state index in [-0.39, 0.29) is 22.3 Å². The minimum Gasteiger partial charge on any atom is -0.451 e. The van der Waals surface area contributed by atoms with Gasteiger partial charge in [-0.15, -0.1) is 0 Å². The maximum atomic E-state index is 13.0. The fourth-order valence-electron chi connectivity index (χ4n) is 3.14. The molecule has 2 atom stereocenters. The van der Waals surface area contributed by atoms with E-state index in [0.29, 0.717) is 17.9 Å². The number of anilines is 1. The topological polar surface area (TPSA) is 106 Å². The quantitative estimate of drug-likeness (QED) is 0.628. The zero-order valence-electron chi connectivity index (χ0n) is 16.8. The number of aromatic nitrogens is 1. The summed E-state index contributed by atoms with van der Waals surface area (Å²) in [5.74, 6) is -1.37. The molecule has 1 amide bonds. The van der Waals surface area contributed by atoms with Crippen molar-refractivity contribution in [2.75, 3.05) is 11.9 Å². The fourth-order valence-corrected chi connectivity index (χ4v) is 5.21. The third-order valence-corrected chi connectivity index (χ3v) is 7.23. The predicted octanol–water partition coefficient (Wildman–Crippen LogP) is 3.42. The molecule has 11 heteroatoms. The number of esters is 1. The second-order valence-electron chi connectivity index (χ2n) is 7.14. The summed E-state index contributed by atoms with van der Waals surface area (Å²) in [6, 6.07) is 6.81. The molecule has 1 aliphatic heterocycles. The molecule has 166 valence electrons. The second-order valence-corrected chi connectivity index (χ2v) is 9.87. The standard InChI is InChI=1S/C20H21Cl2N3O5S/c1-12-5-7-15(8-6-12)31(28,29)25-9-3-4-17(25)20(27)30-13(2)19(26)24-18-16(22)10-14(21)11-23-18/h5-8,10-11,13,17H,3-4,9H2,1-2H3,(H,23,24,26)/t13-,17+/m0/s1. The minimum absolute atomic E-state index is 0.0726. The summed E-state index contributed by atoms with van der Waals surface area (Å²) in [6.45, 7) is 3.43. The molecule has 0 aliphatic carbocycles. The van der Waals surface area contributed by atoms with Crippen LogP contribution in [0.4, 0.5) is 5.82 Å². The van der Waals surface area contributed by atoms with Crippen LogP contribution in [0, 0.1) is 6.92 Å². The Hall–Kier alpha value is -2.20. The Labute approximate surface area is 190 Å². The largest absolute Gasteiger partial charge is 0.451 e. The van der Waals surface area contributed by atoms with Crippen LogP contribution in [0.5, 0.6) is 0 Å². The van der Waals surface area contributed by atoms with Crippen LogP contribution in [-0.2, 0) is 24.3 Å². The molecular weight excluding hydrogens is 465 g/mol. The molecule has 1 fully saturated rings. The molecule has 1 aromatic carbocycles. The molecule has 2 aromatic rings. The Morgan fingerprint density at radius 3 is 2.58 bits per heavy atom. The van der Waals surface area contributed by atoms with Crippen molar-refractivity contribution in [1.29, 1.82) is 0 Å². The van der Waals surface area contributed by atoms with Crippen LogP contribution in [-0.4, -0.2) is 48.3 Å². The van der Waals surface area contributed by atoms with Gasteiger partial charge in [0.15, 0.2) is 11.9 Å².